The van der Waals surface area contributed by atoms with Crippen molar-refractivity contribution < 1.29 is 13.5 Å². The van der Waals surface area contributed by atoms with Crippen LogP contribution in [0.5, 0.6) is 0 Å². The Morgan fingerprint density at radius 2 is 2.06 bits per heavy atom. The fraction of sp³-hybridized carbons (Fsp3) is 0. The van der Waals surface area contributed by atoms with E-state index in [4.69, 9.17) is 0 Å². The van der Waals surface area contributed by atoms with Crippen molar-refractivity contribution in [3.63, 3.8) is 0 Å². The first-order chi connectivity index (χ1) is 8.10. The molecular formula is C11H10N2O3S. The van der Waals surface area contributed by atoms with E-state index in [0.717, 1.165) is 10.5 Å². The third kappa shape index (κ3) is 2.36. The lowest BCUT2D eigenvalue weighted by Gasteiger charge is -2.14. The second kappa shape index (κ2) is 4.42. The predicted octanol–water partition coefficient (Wildman–Crippen LogP) is 1.56. The minimum atomic E-state index is -3.76. The maximum Gasteiger partial charge on any atom is 0.285 e. The van der Waals surface area contributed by atoms with Gasteiger partial charge >= 0.3 is 0 Å². The number of aromatic nitrogens is 1. The Morgan fingerprint density at radius 3 is 2.76 bits per heavy atom. The molecule has 0 saturated heterocycles. The molecule has 0 bridgehead atoms. The summed E-state index contributed by atoms with van der Waals surface area (Å²) in [5.74, 6) is -0.144. The Labute approximate surface area is 99.1 Å². The molecule has 0 aromatic carbocycles. The Morgan fingerprint density at radius 1 is 1.24 bits per heavy atom. The molecule has 0 saturated carbocycles. The van der Waals surface area contributed by atoms with Gasteiger partial charge in [-0.25, -0.2) is 9.29 Å². The number of hydrogen-bond donors (Lipinski definition) is 1. The number of allylic oxidation sites excluding steroid dienone is 3. The highest BCUT2D eigenvalue weighted by molar-refractivity contribution is 7.89. The summed E-state index contributed by atoms with van der Waals surface area (Å²) >= 11 is 0. The predicted molar refractivity (Wildman–Crippen MR) is 62.3 cm³/mol. The Balaban J connectivity index is 2.44. The first-order valence-corrected chi connectivity index (χ1v) is 6.25. The van der Waals surface area contributed by atoms with Crippen molar-refractivity contribution >= 4 is 10.0 Å². The standard InChI is InChI=1S/C11H10N2O3S/c14-10-5-2-4-8-13(9-10)17(15,16)11-6-1-3-7-12-11/h1-9,14H. The van der Waals surface area contributed by atoms with Gasteiger partial charge in [0.25, 0.3) is 10.0 Å². The average molecular weight is 250 g/mol. The number of pyridine rings is 1. The summed E-state index contributed by atoms with van der Waals surface area (Å²) in [6.07, 6.45) is 8.30. The lowest BCUT2D eigenvalue weighted by atomic mass is 10.4. The number of sulfonamides is 1. The van der Waals surface area contributed by atoms with Crippen molar-refractivity contribution in [2.24, 2.45) is 0 Å². The number of aliphatic hydroxyl groups excluding tert-OH is 1. The van der Waals surface area contributed by atoms with Crippen molar-refractivity contribution in [2.75, 3.05) is 0 Å². The molecule has 0 amide bonds. The highest BCUT2D eigenvalue weighted by Gasteiger charge is 2.21. The zero-order chi connectivity index (χ0) is 12.3. The van der Waals surface area contributed by atoms with Crippen molar-refractivity contribution in [2.45, 2.75) is 5.03 Å². The Hall–Kier alpha value is -2.08. The van der Waals surface area contributed by atoms with Gasteiger partial charge in [0.15, 0.2) is 5.03 Å². The van der Waals surface area contributed by atoms with Crippen LogP contribution < -0.4 is 0 Å². The van der Waals surface area contributed by atoms with Crippen LogP contribution in [0.1, 0.15) is 0 Å². The molecule has 1 aromatic heterocycles. The first-order valence-electron chi connectivity index (χ1n) is 4.81. The van der Waals surface area contributed by atoms with Crippen molar-refractivity contribution in [3.05, 3.63) is 60.8 Å². The van der Waals surface area contributed by atoms with Gasteiger partial charge in [0, 0.05) is 12.4 Å². The van der Waals surface area contributed by atoms with E-state index in [9.17, 15) is 13.5 Å². The van der Waals surface area contributed by atoms with E-state index < -0.39 is 10.0 Å². The van der Waals surface area contributed by atoms with Gasteiger partial charge in [-0.15, -0.1) is 0 Å². The fourth-order valence-corrected chi connectivity index (χ4v) is 2.40. The molecule has 0 fully saturated rings. The highest BCUT2D eigenvalue weighted by atomic mass is 32.2. The lowest BCUT2D eigenvalue weighted by Crippen LogP contribution is -2.21. The summed E-state index contributed by atoms with van der Waals surface area (Å²) in [5.41, 5.74) is 0. The van der Waals surface area contributed by atoms with E-state index >= 15 is 0 Å². The number of nitrogens with zero attached hydrogens (tertiary/aromatic N) is 2. The molecule has 1 N–H and O–H groups in total. The van der Waals surface area contributed by atoms with Gasteiger partial charge in [-0.05, 0) is 24.3 Å². The molecule has 1 aliphatic heterocycles. The SMILES string of the molecule is O=S(=O)(c1ccccn1)N1C=CC=CC(O)=C1. The summed E-state index contributed by atoms with van der Waals surface area (Å²) in [4.78, 5) is 3.79. The summed E-state index contributed by atoms with van der Waals surface area (Å²) in [6, 6.07) is 4.61. The van der Waals surface area contributed by atoms with E-state index in [1.807, 2.05) is 0 Å². The molecule has 17 heavy (non-hydrogen) atoms. The molecule has 0 atom stereocenters. The summed E-state index contributed by atoms with van der Waals surface area (Å²) < 4.78 is 25.1. The van der Waals surface area contributed by atoms with Crippen LogP contribution in [-0.2, 0) is 10.0 Å². The maximum absolute atomic E-state index is 12.1. The van der Waals surface area contributed by atoms with Gasteiger partial charge in [-0.1, -0.05) is 12.1 Å². The molecule has 0 radical (unpaired) electrons. The second-order valence-corrected chi connectivity index (χ2v) is 5.05. The highest BCUT2D eigenvalue weighted by Crippen LogP contribution is 2.16. The van der Waals surface area contributed by atoms with Crippen LogP contribution in [0.4, 0.5) is 0 Å². The quantitative estimate of drug-likeness (QED) is 0.864. The third-order valence-electron chi connectivity index (χ3n) is 2.05. The molecule has 2 rings (SSSR count). The summed E-state index contributed by atoms with van der Waals surface area (Å²) in [5, 5.41) is 9.30. The molecule has 0 unspecified atom stereocenters. The lowest BCUT2D eigenvalue weighted by molar-refractivity contribution is 0.421. The van der Waals surface area contributed by atoms with Crippen LogP contribution in [0.2, 0.25) is 0 Å². The monoisotopic (exact) mass is 250 g/mol. The van der Waals surface area contributed by atoms with Crippen LogP contribution in [0, 0.1) is 0 Å². The smallest absolute Gasteiger partial charge is 0.285 e. The molecular weight excluding hydrogens is 240 g/mol. The van der Waals surface area contributed by atoms with Crippen LogP contribution in [0.3, 0.4) is 0 Å². The van der Waals surface area contributed by atoms with Crippen molar-refractivity contribution in [3.8, 4) is 0 Å². The number of aliphatic hydroxyl groups is 1. The van der Waals surface area contributed by atoms with Crippen LogP contribution in [0.25, 0.3) is 0 Å². The molecule has 6 heteroatoms. The van der Waals surface area contributed by atoms with Gasteiger partial charge in [-0.2, -0.15) is 8.42 Å². The number of rotatable bonds is 2. The minimum absolute atomic E-state index is 0.0735. The summed E-state index contributed by atoms with van der Waals surface area (Å²) in [7, 11) is -3.76. The van der Waals surface area contributed by atoms with Gasteiger partial charge in [0.1, 0.15) is 5.76 Å². The second-order valence-electron chi connectivity index (χ2n) is 3.26. The normalized spacial score (nSPS) is 15.5. The Bertz CT molecular complexity index is 588. The van der Waals surface area contributed by atoms with Crippen molar-refractivity contribution in [1.29, 1.82) is 0 Å². The molecule has 1 aromatic rings. The van der Waals surface area contributed by atoms with E-state index in [1.54, 1.807) is 18.2 Å². The molecule has 0 aliphatic carbocycles. The van der Waals surface area contributed by atoms with E-state index in [1.165, 1.54) is 30.6 Å². The molecule has 1 aliphatic rings. The summed E-state index contributed by atoms with van der Waals surface area (Å²) in [6.45, 7) is 0. The van der Waals surface area contributed by atoms with E-state index in [0.29, 0.717) is 0 Å². The molecule has 2 heterocycles. The van der Waals surface area contributed by atoms with Gasteiger partial charge in [0.05, 0.1) is 6.20 Å². The molecule has 88 valence electrons. The van der Waals surface area contributed by atoms with Gasteiger partial charge in [-0.3, -0.25) is 0 Å². The van der Waals surface area contributed by atoms with Gasteiger partial charge in [0.2, 0.25) is 0 Å². The number of hydrogen-bond acceptors (Lipinski definition) is 4. The van der Waals surface area contributed by atoms with Crippen LogP contribution in [-0.4, -0.2) is 22.8 Å². The van der Waals surface area contributed by atoms with E-state index in [2.05, 4.69) is 4.98 Å². The average Bonchev–Trinajstić information content (AvgIpc) is 2.55. The maximum atomic E-state index is 12.1. The topological polar surface area (TPSA) is 70.5 Å². The van der Waals surface area contributed by atoms with Crippen LogP contribution in [0.15, 0.2) is 65.8 Å². The molecule has 5 nitrogen and oxygen atoms in total. The third-order valence-corrected chi connectivity index (χ3v) is 3.60. The minimum Gasteiger partial charge on any atom is -0.506 e. The largest absolute Gasteiger partial charge is 0.506 e. The van der Waals surface area contributed by atoms with Gasteiger partial charge < -0.3 is 5.11 Å². The fourth-order valence-electron chi connectivity index (χ4n) is 1.26. The van der Waals surface area contributed by atoms with E-state index in [-0.39, 0.29) is 10.8 Å². The first kappa shape index (κ1) is 11.4. The zero-order valence-corrected chi connectivity index (χ0v) is 9.58. The Kier molecular flexibility index (Phi) is 2.97. The zero-order valence-electron chi connectivity index (χ0n) is 8.76. The molecule has 0 spiro atoms. The van der Waals surface area contributed by atoms with Crippen LogP contribution >= 0.6 is 0 Å². The van der Waals surface area contributed by atoms with Crippen molar-refractivity contribution in [1.82, 2.24) is 9.29 Å².